The van der Waals surface area contributed by atoms with E-state index >= 15 is 0 Å². The van der Waals surface area contributed by atoms with Crippen LogP contribution in [0.3, 0.4) is 0 Å². The molecule has 0 spiro atoms. The Morgan fingerprint density at radius 3 is 1.76 bits per heavy atom. The number of rotatable bonds is 24. The van der Waals surface area contributed by atoms with Crippen LogP contribution in [0.15, 0.2) is 91.0 Å². The lowest BCUT2D eigenvalue weighted by Gasteiger charge is -2.49. The van der Waals surface area contributed by atoms with Crippen LogP contribution in [-0.4, -0.2) is 115 Å². The maximum absolute atomic E-state index is 12.4. The van der Waals surface area contributed by atoms with E-state index in [0.717, 1.165) is 48.8 Å². The summed E-state index contributed by atoms with van der Waals surface area (Å²) in [6, 6.07) is 27.9. The molecule has 4 N–H and O–H groups in total. The van der Waals surface area contributed by atoms with E-state index in [-0.39, 0.29) is 25.8 Å². The number of carbonyl (C=O) groups excluding carboxylic acids is 2. The molecule has 324 valence electrons. The number of nitrogens with one attached hydrogen (secondary N) is 1. The fraction of sp³-hybridized carbons (Fsp3) is 0.556. The quantitative estimate of drug-likeness (QED) is 0.0741. The molecule has 3 aromatic rings. The molecule has 1 amide bonds. The van der Waals surface area contributed by atoms with Crippen molar-refractivity contribution in [2.45, 2.75) is 133 Å². The van der Waals surface area contributed by atoms with Crippen molar-refractivity contribution in [3.05, 3.63) is 108 Å². The lowest BCUT2D eigenvalue weighted by Crippen LogP contribution is -2.68. The van der Waals surface area contributed by atoms with Gasteiger partial charge in [-0.3, -0.25) is 9.59 Å². The fourth-order valence-corrected chi connectivity index (χ4v) is 7.20. The van der Waals surface area contributed by atoms with Crippen LogP contribution < -0.4 is 5.32 Å². The average Bonchev–Trinajstić information content (AvgIpc) is 3.25. The van der Waals surface area contributed by atoms with Gasteiger partial charge in [0.05, 0.1) is 40.1 Å². The SMILES string of the molecule is COC(=O)CCCCCCCCO[C@H]1O[C@H](COCc2ccccc2)[C@@H](OCc2ccccc2)[C@H](OCc2ccccc2)[C@@H]1O[C@@H]1O[C@H](CO)[C@@H](O)[C@H](O)[C@H]1NC(C)=O. The van der Waals surface area contributed by atoms with Crippen molar-refractivity contribution >= 4 is 11.9 Å². The maximum atomic E-state index is 12.4. The average molecular weight is 824 g/mol. The fourth-order valence-electron chi connectivity index (χ4n) is 7.20. The van der Waals surface area contributed by atoms with Crippen molar-refractivity contribution in [1.29, 1.82) is 0 Å². The van der Waals surface area contributed by atoms with E-state index in [1.165, 1.54) is 14.0 Å². The van der Waals surface area contributed by atoms with Gasteiger partial charge in [0, 0.05) is 20.0 Å². The summed E-state index contributed by atoms with van der Waals surface area (Å²) in [4.78, 5) is 23.9. The van der Waals surface area contributed by atoms with Crippen LogP contribution in [0.25, 0.3) is 0 Å². The van der Waals surface area contributed by atoms with Crippen molar-refractivity contribution in [3.8, 4) is 0 Å². The number of unbranched alkanes of at least 4 members (excludes halogenated alkanes) is 5. The van der Waals surface area contributed by atoms with Crippen LogP contribution >= 0.6 is 0 Å². The van der Waals surface area contributed by atoms with Gasteiger partial charge in [0.25, 0.3) is 0 Å². The Hall–Kier alpha value is -3.80. The minimum atomic E-state index is -1.54. The van der Waals surface area contributed by atoms with E-state index in [9.17, 15) is 24.9 Å². The minimum absolute atomic E-state index is 0.115. The first kappa shape index (κ1) is 46.3. The standard InChI is InChI=1S/C45H61NO13/c1-31(48)46-38-40(51)39(50)35(26-47)57-44(38)59-43-42(56-29-34-22-14-9-15-23-34)41(55-28-33-20-12-8-13-21-33)36(30-53-27-32-18-10-7-11-19-32)58-45(43)54-25-17-6-4-3-5-16-24-37(49)52-2/h7-15,18-23,35-36,38-45,47,50-51H,3-6,16-17,24-30H2,1-2H3,(H,46,48)/t35-,36-,38-,39-,40-,41-,42+,43+,44+,45+/m1/s1. The summed E-state index contributed by atoms with van der Waals surface area (Å²) in [5.41, 5.74) is 2.80. The molecule has 0 aliphatic carbocycles. The van der Waals surface area contributed by atoms with Crippen LogP contribution in [-0.2, 0) is 67.3 Å². The smallest absolute Gasteiger partial charge is 0.305 e. The van der Waals surface area contributed by atoms with E-state index in [4.69, 9.17) is 37.9 Å². The summed E-state index contributed by atoms with van der Waals surface area (Å²) < 4.78 is 50.5. The summed E-state index contributed by atoms with van der Waals surface area (Å²) >= 11 is 0. The number of aliphatic hydroxyl groups is 3. The summed E-state index contributed by atoms with van der Waals surface area (Å²) in [5, 5.41) is 34.7. The van der Waals surface area contributed by atoms with Gasteiger partial charge in [-0.05, 0) is 29.5 Å². The number of ether oxygens (including phenoxy) is 8. The second-order valence-electron chi connectivity index (χ2n) is 14.9. The van der Waals surface area contributed by atoms with Gasteiger partial charge in [0.2, 0.25) is 5.91 Å². The molecule has 14 nitrogen and oxygen atoms in total. The summed E-state index contributed by atoms with van der Waals surface area (Å²) in [5.74, 6) is -0.694. The maximum Gasteiger partial charge on any atom is 0.305 e. The van der Waals surface area contributed by atoms with Crippen molar-refractivity contribution in [3.63, 3.8) is 0 Å². The van der Waals surface area contributed by atoms with Gasteiger partial charge in [-0.15, -0.1) is 0 Å². The lowest BCUT2D eigenvalue weighted by atomic mass is 9.95. The molecule has 0 saturated carbocycles. The molecule has 0 aromatic heterocycles. The Kier molecular flexibility index (Phi) is 19.7. The van der Waals surface area contributed by atoms with Crippen molar-refractivity contribution in [2.24, 2.45) is 0 Å². The van der Waals surface area contributed by atoms with Gasteiger partial charge in [-0.25, -0.2) is 0 Å². The van der Waals surface area contributed by atoms with E-state index in [1.807, 2.05) is 91.0 Å². The van der Waals surface area contributed by atoms with E-state index < -0.39 is 73.9 Å². The molecule has 2 fully saturated rings. The Bertz CT molecular complexity index is 1620. The van der Waals surface area contributed by atoms with Crippen LogP contribution in [0.5, 0.6) is 0 Å². The highest BCUT2D eigenvalue weighted by atomic mass is 16.8. The molecule has 59 heavy (non-hydrogen) atoms. The first-order valence-electron chi connectivity index (χ1n) is 20.6. The highest BCUT2D eigenvalue weighted by molar-refractivity contribution is 5.73. The third kappa shape index (κ3) is 14.7. The van der Waals surface area contributed by atoms with Crippen LogP contribution in [0, 0.1) is 0 Å². The summed E-state index contributed by atoms with van der Waals surface area (Å²) in [6.07, 6.45) is -4.62. The number of carbonyl (C=O) groups is 2. The van der Waals surface area contributed by atoms with Crippen LogP contribution in [0.1, 0.15) is 68.6 Å². The lowest BCUT2D eigenvalue weighted by molar-refractivity contribution is -0.364. The molecule has 0 bridgehead atoms. The largest absolute Gasteiger partial charge is 0.469 e. The topological polar surface area (TPSA) is 181 Å². The molecule has 0 radical (unpaired) electrons. The first-order valence-corrected chi connectivity index (χ1v) is 20.6. The third-order valence-electron chi connectivity index (χ3n) is 10.4. The molecule has 2 aliphatic rings. The highest BCUT2D eigenvalue weighted by Crippen LogP contribution is 2.34. The number of amides is 1. The molecular formula is C45H61NO13. The van der Waals surface area contributed by atoms with Gasteiger partial charge in [0.1, 0.15) is 48.8 Å². The molecule has 2 saturated heterocycles. The molecule has 2 aliphatic heterocycles. The number of esters is 1. The third-order valence-corrected chi connectivity index (χ3v) is 10.4. The highest BCUT2D eigenvalue weighted by Gasteiger charge is 2.53. The van der Waals surface area contributed by atoms with E-state index in [0.29, 0.717) is 26.1 Å². The van der Waals surface area contributed by atoms with Crippen molar-refractivity contribution < 1.29 is 62.8 Å². The molecule has 0 unspecified atom stereocenters. The van der Waals surface area contributed by atoms with E-state index in [1.54, 1.807) is 0 Å². The molecular weight excluding hydrogens is 762 g/mol. The Morgan fingerprint density at radius 2 is 1.19 bits per heavy atom. The zero-order valence-electron chi connectivity index (χ0n) is 34.1. The predicted molar refractivity (Wildman–Crippen MR) is 215 cm³/mol. The van der Waals surface area contributed by atoms with Crippen molar-refractivity contribution in [1.82, 2.24) is 5.32 Å². The molecule has 2 heterocycles. The van der Waals surface area contributed by atoms with Gasteiger partial charge < -0.3 is 58.5 Å². The normalized spacial score (nSPS) is 26.9. The monoisotopic (exact) mass is 823 g/mol. The van der Waals surface area contributed by atoms with Crippen LogP contribution in [0.4, 0.5) is 0 Å². The Balaban J connectivity index is 1.43. The van der Waals surface area contributed by atoms with Crippen LogP contribution in [0.2, 0.25) is 0 Å². The zero-order chi connectivity index (χ0) is 41.8. The zero-order valence-corrected chi connectivity index (χ0v) is 34.1. The van der Waals surface area contributed by atoms with Gasteiger partial charge in [-0.1, -0.05) is 117 Å². The Morgan fingerprint density at radius 1 is 0.644 bits per heavy atom. The van der Waals surface area contributed by atoms with Gasteiger partial charge in [-0.2, -0.15) is 0 Å². The number of hydrogen-bond donors (Lipinski definition) is 4. The second kappa shape index (κ2) is 25.1. The number of methoxy groups -OCH3 is 1. The van der Waals surface area contributed by atoms with Gasteiger partial charge in [0.15, 0.2) is 12.6 Å². The number of aliphatic hydroxyl groups excluding tert-OH is 3. The Labute approximate surface area is 347 Å². The second-order valence-corrected chi connectivity index (χ2v) is 14.9. The molecule has 10 atom stereocenters. The first-order chi connectivity index (χ1) is 28.8. The molecule has 5 rings (SSSR count). The molecule has 3 aromatic carbocycles. The molecule has 14 heteroatoms. The minimum Gasteiger partial charge on any atom is -0.469 e. The summed E-state index contributed by atoms with van der Waals surface area (Å²) in [6.45, 7) is 1.77. The number of benzene rings is 3. The van der Waals surface area contributed by atoms with Crippen molar-refractivity contribution in [2.75, 3.05) is 26.9 Å². The van der Waals surface area contributed by atoms with Gasteiger partial charge >= 0.3 is 5.97 Å². The number of hydrogen-bond acceptors (Lipinski definition) is 13. The van der Waals surface area contributed by atoms with E-state index in [2.05, 4.69) is 5.32 Å². The predicted octanol–water partition coefficient (Wildman–Crippen LogP) is 4.35. The summed E-state index contributed by atoms with van der Waals surface area (Å²) in [7, 11) is 1.40.